The quantitative estimate of drug-likeness (QED) is 0.554. The van der Waals surface area contributed by atoms with Crippen LogP contribution in [0, 0.1) is 18.6 Å². The average Bonchev–Trinajstić information content (AvgIpc) is 2.80. The number of amides is 2. The fourth-order valence-electron chi connectivity index (χ4n) is 2.83. The van der Waals surface area contributed by atoms with Crippen molar-refractivity contribution in [2.75, 3.05) is 13.7 Å². The van der Waals surface area contributed by atoms with Crippen LogP contribution in [0.4, 0.5) is 8.78 Å². The lowest BCUT2D eigenvalue weighted by Gasteiger charge is -2.18. The smallest absolute Gasteiger partial charge is 0.258 e. The number of halogens is 2. The third-order valence-electron chi connectivity index (χ3n) is 4.54. The molecule has 0 radical (unpaired) electrons. The molecule has 0 spiro atoms. The molecule has 8 heteroatoms. The molecule has 3 rings (SSSR count). The minimum Gasteiger partial charge on any atom is -0.484 e. The molecule has 0 heterocycles. The summed E-state index contributed by atoms with van der Waals surface area (Å²) in [6, 6.07) is 16.1. The largest absolute Gasteiger partial charge is 0.484 e. The van der Waals surface area contributed by atoms with Gasteiger partial charge in [-0.25, -0.2) is 8.78 Å². The van der Waals surface area contributed by atoms with Crippen LogP contribution in [0.25, 0.3) is 0 Å². The number of carbonyl (C=O) groups is 2. The van der Waals surface area contributed by atoms with Crippen LogP contribution in [-0.4, -0.2) is 25.5 Å². The van der Waals surface area contributed by atoms with Crippen molar-refractivity contribution in [2.24, 2.45) is 0 Å². The van der Waals surface area contributed by atoms with E-state index in [4.69, 9.17) is 9.47 Å². The molecule has 0 bridgehead atoms. The minimum atomic E-state index is -1.20. The van der Waals surface area contributed by atoms with Gasteiger partial charge in [0, 0.05) is 7.05 Å². The van der Waals surface area contributed by atoms with E-state index in [1.165, 1.54) is 13.1 Å². The number of benzene rings is 3. The molecule has 1 atom stereocenters. The van der Waals surface area contributed by atoms with Gasteiger partial charge in [0.1, 0.15) is 23.3 Å². The lowest BCUT2D eigenvalue weighted by Crippen LogP contribution is -2.41. The fourth-order valence-corrected chi connectivity index (χ4v) is 2.83. The van der Waals surface area contributed by atoms with Gasteiger partial charge in [-0.1, -0.05) is 23.8 Å². The van der Waals surface area contributed by atoms with Gasteiger partial charge >= 0.3 is 0 Å². The second-order valence-electron chi connectivity index (χ2n) is 6.96. The maximum atomic E-state index is 13.5. The zero-order valence-corrected chi connectivity index (χ0v) is 17.5. The Balaban J connectivity index is 1.58. The molecule has 0 aliphatic rings. The van der Waals surface area contributed by atoms with Gasteiger partial charge in [-0.3, -0.25) is 9.59 Å². The van der Waals surface area contributed by atoms with Crippen LogP contribution in [-0.2, 0) is 9.59 Å². The molecular formula is C24H22F2N2O4. The van der Waals surface area contributed by atoms with Crippen molar-refractivity contribution in [1.82, 2.24) is 10.6 Å². The first-order chi connectivity index (χ1) is 15.4. The van der Waals surface area contributed by atoms with Crippen LogP contribution in [0.15, 0.2) is 66.7 Å². The van der Waals surface area contributed by atoms with Crippen LogP contribution in [0.2, 0.25) is 0 Å². The van der Waals surface area contributed by atoms with E-state index in [1.54, 1.807) is 24.3 Å². The highest BCUT2D eigenvalue weighted by Gasteiger charge is 2.23. The van der Waals surface area contributed by atoms with Crippen molar-refractivity contribution >= 4 is 11.8 Å². The predicted octanol–water partition coefficient (Wildman–Crippen LogP) is 4.05. The summed E-state index contributed by atoms with van der Waals surface area (Å²) in [6.45, 7) is 1.61. The van der Waals surface area contributed by atoms with Crippen molar-refractivity contribution in [3.63, 3.8) is 0 Å². The molecule has 2 N–H and O–H groups in total. The molecule has 3 aromatic rings. The summed E-state index contributed by atoms with van der Waals surface area (Å²) in [5.41, 5.74) is 1.23. The van der Waals surface area contributed by atoms with Gasteiger partial charge in [0.2, 0.25) is 5.91 Å². The zero-order chi connectivity index (χ0) is 23.1. The van der Waals surface area contributed by atoms with E-state index in [0.29, 0.717) is 17.2 Å². The molecule has 0 fully saturated rings. The van der Waals surface area contributed by atoms with Crippen molar-refractivity contribution < 1.29 is 27.8 Å². The molecule has 32 heavy (non-hydrogen) atoms. The normalized spacial score (nSPS) is 11.4. The van der Waals surface area contributed by atoms with Crippen LogP contribution in [0.3, 0.4) is 0 Å². The zero-order valence-electron chi connectivity index (χ0n) is 17.5. The summed E-state index contributed by atoms with van der Waals surface area (Å²) >= 11 is 0. The average molecular weight is 440 g/mol. The second-order valence-corrected chi connectivity index (χ2v) is 6.96. The molecular weight excluding hydrogens is 418 g/mol. The van der Waals surface area contributed by atoms with Gasteiger partial charge in [0.25, 0.3) is 5.91 Å². The summed E-state index contributed by atoms with van der Waals surface area (Å²) in [5.74, 6) is -1.64. The van der Waals surface area contributed by atoms with Crippen molar-refractivity contribution in [2.45, 2.75) is 13.0 Å². The predicted molar refractivity (Wildman–Crippen MR) is 114 cm³/mol. The monoisotopic (exact) mass is 440 g/mol. The third kappa shape index (κ3) is 6.04. The van der Waals surface area contributed by atoms with Gasteiger partial charge in [-0.15, -0.1) is 0 Å². The highest BCUT2D eigenvalue weighted by Crippen LogP contribution is 2.24. The van der Waals surface area contributed by atoms with Crippen molar-refractivity contribution in [1.29, 1.82) is 0 Å². The summed E-state index contributed by atoms with van der Waals surface area (Å²) in [7, 11) is 1.37. The first kappa shape index (κ1) is 22.7. The lowest BCUT2D eigenvalue weighted by molar-refractivity contribution is -0.129. The van der Waals surface area contributed by atoms with Crippen molar-refractivity contribution in [3.8, 4) is 17.2 Å². The Hall–Kier alpha value is -3.94. The Bertz CT molecular complexity index is 1090. The Morgan fingerprint density at radius 3 is 2.06 bits per heavy atom. The van der Waals surface area contributed by atoms with E-state index in [2.05, 4.69) is 10.6 Å². The molecule has 0 saturated heterocycles. The number of hydrogen-bond acceptors (Lipinski definition) is 4. The molecule has 166 valence electrons. The van der Waals surface area contributed by atoms with Crippen molar-refractivity contribution in [3.05, 3.63) is 89.5 Å². The standard InChI is InChI=1S/C24H22F2N2O4/c1-15-3-6-18(7-4-15)32-19-10-8-17(9-11-19)31-14-22(29)28-23(24(30)27-2)16-5-12-20(25)21(26)13-16/h3-13,23H,14H2,1-2H3,(H,27,30)(H,28,29). The Morgan fingerprint density at radius 2 is 1.47 bits per heavy atom. The van der Waals surface area contributed by atoms with Gasteiger partial charge in [-0.2, -0.15) is 0 Å². The molecule has 3 aromatic carbocycles. The molecule has 0 aromatic heterocycles. The summed E-state index contributed by atoms with van der Waals surface area (Å²) in [4.78, 5) is 24.4. The lowest BCUT2D eigenvalue weighted by atomic mass is 10.1. The van der Waals surface area contributed by atoms with Gasteiger partial charge in [-0.05, 0) is 61.0 Å². The molecule has 0 aliphatic carbocycles. The fraction of sp³-hybridized carbons (Fsp3) is 0.167. The van der Waals surface area contributed by atoms with Gasteiger partial charge in [0.15, 0.2) is 18.2 Å². The van der Waals surface area contributed by atoms with Crippen LogP contribution >= 0.6 is 0 Å². The van der Waals surface area contributed by atoms with Gasteiger partial charge in [0.05, 0.1) is 0 Å². The van der Waals surface area contributed by atoms with E-state index in [1.807, 2.05) is 31.2 Å². The summed E-state index contributed by atoms with van der Waals surface area (Å²) in [6.07, 6.45) is 0. The maximum absolute atomic E-state index is 13.5. The van der Waals surface area contributed by atoms with Crippen LogP contribution in [0.5, 0.6) is 17.2 Å². The highest BCUT2D eigenvalue weighted by atomic mass is 19.2. The summed E-state index contributed by atoms with van der Waals surface area (Å²) in [5, 5.41) is 4.84. The SMILES string of the molecule is CNC(=O)C(NC(=O)COc1ccc(Oc2ccc(C)cc2)cc1)c1ccc(F)c(F)c1. The number of nitrogens with one attached hydrogen (secondary N) is 2. The first-order valence-corrected chi connectivity index (χ1v) is 9.79. The number of ether oxygens (including phenoxy) is 2. The number of carbonyl (C=O) groups excluding carboxylic acids is 2. The molecule has 0 aliphatic heterocycles. The topological polar surface area (TPSA) is 76.7 Å². The van der Waals surface area contributed by atoms with E-state index >= 15 is 0 Å². The third-order valence-corrected chi connectivity index (χ3v) is 4.54. The van der Waals surface area contributed by atoms with E-state index in [9.17, 15) is 18.4 Å². The van der Waals surface area contributed by atoms with E-state index < -0.39 is 29.5 Å². The Morgan fingerprint density at radius 1 is 0.875 bits per heavy atom. The summed E-state index contributed by atoms with van der Waals surface area (Å²) < 4.78 is 37.9. The molecule has 1 unspecified atom stereocenters. The number of aryl methyl sites for hydroxylation is 1. The number of hydrogen-bond donors (Lipinski definition) is 2. The second kappa shape index (κ2) is 10.4. The Kier molecular flexibility index (Phi) is 7.38. The van der Waals surface area contributed by atoms with Gasteiger partial charge < -0.3 is 20.1 Å². The Labute approximate surface area is 184 Å². The van der Waals surface area contributed by atoms with E-state index in [-0.39, 0.29) is 12.2 Å². The molecule has 6 nitrogen and oxygen atoms in total. The van der Waals surface area contributed by atoms with Crippen LogP contribution in [0.1, 0.15) is 17.2 Å². The van der Waals surface area contributed by atoms with Crippen LogP contribution < -0.4 is 20.1 Å². The number of likely N-dealkylation sites (N-methyl/N-ethyl adjacent to an activating group) is 1. The molecule has 2 amide bonds. The minimum absolute atomic E-state index is 0.106. The first-order valence-electron chi connectivity index (χ1n) is 9.79. The maximum Gasteiger partial charge on any atom is 0.258 e. The highest BCUT2D eigenvalue weighted by molar-refractivity contribution is 5.89. The number of rotatable bonds is 8. The molecule has 0 saturated carbocycles. The van der Waals surface area contributed by atoms with E-state index in [0.717, 1.165) is 17.7 Å².